The van der Waals surface area contributed by atoms with Crippen molar-refractivity contribution in [2.24, 2.45) is 0 Å². The minimum Gasteiger partial charge on any atom is -0.412 e. The van der Waals surface area contributed by atoms with Crippen LogP contribution in [0.3, 0.4) is 0 Å². The van der Waals surface area contributed by atoms with Crippen LogP contribution in [0.15, 0.2) is 0 Å². The molecule has 0 saturated carbocycles. The molecule has 0 aliphatic rings. The molecule has 0 aliphatic heterocycles. The van der Waals surface area contributed by atoms with Crippen LogP contribution in [0.25, 0.3) is 0 Å². The first-order valence-electron chi connectivity index (χ1n) is 6.95. The summed E-state index contributed by atoms with van der Waals surface area (Å²) in [4.78, 5) is 0. The fourth-order valence-corrected chi connectivity index (χ4v) is 0. The molecule has 0 aromatic rings. The van der Waals surface area contributed by atoms with Crippen LogP contribution in [-0.4, -0.2) is 68.2 Å². The van der Waals surface area contributed by atoms with E-state index in [1.54, 1.807) is 42.3 Å². The molecule has 19 heteroatoms. The SMILES string of the molecule is CNC(=S)[S-].CNC(=S)[S-].CNC(=S)[S-].CNC(=S)[S-].CNC(=S)[S-].CNC(=S)[S-].[Mo]. The minimum absolute atomic E-state index is 0. The number of hydrogen-bond acceptors (Lipinski definition) is 12. The third kappa shape index (κ3) is 152. The summed E-state index contributed by atoms with van der Waals surface area (Å²) in [6, 6.07) is 0. The Kier molecular flexibility index (Phi) is 71.7. The minimum atomic E-state index is 0. The van der Waals surface area contributed by atoms with Crippen LogP contribution in [0.2, 0.25) is 0 Å². The molecule has 0 fully saturated rings. The van der Waals surface area contributed by atoms with Gasteiger partial charge in [0.2, 0.25) is 0 Å². The van der Waals surface area contributed by atoms with E-state index in [0.717, 1.165) is 0 Å². The Morgan fingerprint density at radius 1 is 0.355 bits per heavy atom. The second-order valence-electron chi connectivity index (χ2n) is 3.22. The average Bonchev–Trinajstić information content (AvgIpc) is 2.69. The quantitative estimate of drug-likeness (QED) is 0.117. The molecule has 6 N–H and O–H groups in total. The molecular formula is C12H24MoN6S12-6. The maximum absolute atomic E-state index is 4.40. The molecule has 31 heavy (non-hydrogen) atoms. The van der Waals surface area contributed by atoms with Gasteiger partial charge in [-0.2, -0.15) is 0 Å². The molecule has 0 atom stereocenters. The van der Waals surface area contributed by atoms with Crippen molar-refractivity contribution < 1.29 is 21.1 Å². The molecule has 0 rings (SSSR count). The van der Waals surface area contributed by atoms with Crippen molar-refractivity contribution in [2.75, 3.05) is 42.3 Å². The van der Waals surface area contributed by atoms with Crippen molar-refractivity contribution in [1.82, 2.24) is 31.9 Å². The summed E-state index contributed by atoms with van der Waals surface area (Å²) in [7, 11) is 10.2. The Morgan fingerprint density at radius 3 is 0.387 bits per heavy atom. The largest absolute Gasteiger partial charge is 0.412 e. The van der Waals surface area contributed by atoms with Crippen molar-refractivity contribution in [3.05, 3.63) is 0 Å². The fourth-order valence-electron chi connectivity index (χ4n) is 0. The van der Waals surface area contributed by atoms with E-state index in [4.69, 9.17) is 0 Å². The molecule has 0 aromatic carbocycles. The number of rotatable bonds is 0. The predicted molar refractivity (Wildman–Crippen MR) is 174 cm³/mol. The first-order valence-corrected chi connectivity index (χ1v) is 11.8. The standard InChI is InChI=1S/6C2H5NS2.Mo/c6*1-3-2(4)5;/h6*1H3,(H2,3,4,5);/p-6. The molecule has 0 bridgehead atoms. The second-order valence-corrected chi connectivity index (χ2v) is 9.67. The van der Waals surface area contributed by atoms with Crippen LogP contribution in [0.1, 0.15) is 0 Å². The van der Waals surface area contributed by atoms with Crippen molar-refractivity contribution in [2.45, 2.75) is 0 Å². The molecule has 0 spiro atoms. The Balaban J connectivity index is -0.0000000443. The molecular weight excluding hydrogens is 709 g/mol. The zero-order valence-corrected chi connectivity index (χ0v) is 29.1. The van der Waals surface area contributed by atoms with Crippen molar-refractivity contribution in [3.8, 4) is 0 Å². The van der Waals surface area contributed by atoms with Crippen LogP contribution in [-0.2, 0) is 96.8 Å². The van der Waals surface area contributed by atoms with E-state index in [1.807, 2.05) is 0 Å². The van der Waals surface area contributed by atoms with E-state index in [0.29, 0.717) is 25.9 Å². The van der Waals surface area contributed by atoms with Crippen molar-refractivity contribution in [3.63, 3.8) is 0 Å². The molecule has 0 unspecified atom stereocenters. The van der Waals surface area contributed by atoms with Crippen LogP contribution < -0.4 is 31.9 Å². The van der Waals surface area contributed by atoms with Crippen LogP contribution in [0.5, 0.6) is 0 Å². The van der Waals surface area contributed by atoms with Crippen LogP contribution >= 0.6 is 73.3 Å². The van der Waals surface area contributed by atoms with Gasteiger partial charge >= 0.3 is 0 Å². The maximum Gasteiger partial charge on any atom is 0.00182 e. The van der Waals surface area contributed by atoms with Gasteiger partial charge in [-0.1, -0.05) is 25.9 Å². The summed E-state index contributed by atoms with van der Waals surface area (Å²) in [5.41, 5.74) is 0. The van der Waals surface area contributed by atoms with Crippen molar-refractivity contribution >= 4 is 175 Å². The van der Waals surface area contributed by atoms with E-state index in [1.165, 1.54) is 0 Å². The van der Waals surface area contributed by atoms with Crippen molar-refractivity contribution in [1.29, 1.82) is 0 Å². The monoisotopic (exact) mass is 734 g/mol. The first-order chi connectivity index (χ1) is 13.6. The van der Waals surface area contributed by atoms with Crippen LogP contribution in [0.4, 0.5) is 0 Å². The van der Waals surface area contributed by atoms with Gasteiger partial charge in [-0.15, -0.1) is 0 Å². The number of nitrogens with one attached hydrogen (secondary N) is 6. The zero-order valence-electron chi connectivity index (χ0n) is 17.3. The van der Waals surface area contributed by atoms with Crippen LogP contribution in [0, 0.1) is 0 Å². The molecule has 0 radical (unpaired) electrons. The second kappa shape index (κ2) is 44.9. The van der Waals surface area contributed by atoms with E-state index < -0.39 is 0 Å². The van der Waals surface area contributed by atoms with Gasteiger partial charge in [0.05, 0.1) is 0 Å². The third-order valence-corrected chi connectivity index (χ3v) is 3.67. The van der Waals surface area contributed by atoms with Gasteiger partial charge in [-0.05, 0) is 0 Å². The molecule has 0 aliphatic carbocycles. The molecule has 0 amide bonds. The Bertz CT molecular complexity index is 372. The van der Waals surface area contributed by atoms with Gasteiger partial charge in [-0.3, -0.25) is 0 Å². The third-order valence-electron chi connectivity index (χ3n) is 1.22. The molecule has 186 valence electrons. The van der Waals surface area contributed by atoms with Gasteiger partial charge in [0, 0.05) is 63.4 Å². The predicted octanol–water partition coefficient (Wildman–Crippen LogP) is 0.223. The normalized spacial score (nSPS) is 6.39. The molecule has 0 saturated heterocycles. The topological polar surface area (TPSA) is 72.2 Å². The average molecular weight is 733 g/mol. The Hall–Kier alpha value is 1.35. The summed E-state index contributed by atoms with van der Waals surface area (Å²) >= 11 is 52.8. The summed E-state index contributed by atoms with van der Waals surface area (Å²) < 4.78 is 2.53. The van der Waals surface area contributed by atoms with E-state index in [9.17, 15) is 0 Å². The summed E-state index contributed by atoms with van der Waals surface area (Å²) in [6.07, 6.45) is 0. The number of hydrogen-bond donors (Lipinski definition) is 6. The Morgan fingerprint density at radius 2 is 0.387 bits per heavy atom. The fraction of sp³-hybridized carbons (Fsp3) is 0.500. The van der Waals surface area contributed by atoms with Gasteiger partial charge in [0.1, 0.15) is 0 Å². The number of thiocarbonyl (C=S) groups is 6. The van der Waals surface area contributed by atoms with E-state index >= 15 is 0 Å². The first kappa shape index (κ1) is 49.5. The summed E-state index contributed by atoms with van der Waals surface area (Å²) in [5.74, 6) is 0. The zero-order chi connectivity index (χ0) is 25.7. The van der Waals surface area contributed by atoms with Gasteiger partial charge < -0.3 is 181 Å². The van der Waals surface area contributed by atoms with Gasteiger partial charge in [0.25, 0.3) is 0 Å². The van der Waals surface area contributed by atoms with Gasteiger partial charge in [0.15, 0.2) is 0 Å². The maximum atomic E-state index is 4.40. The molecule has 0 heterocycles. The Labute approximate surface area is 267 Å². The van der Waals surface area contributed by atoms with Gasteiger partial charge in [-0.25, -0.2) is 0 Å². The van der Waals surface area contributed by atoms with E-state index in [2.05, 4.69) is 181 Å². The smallest absolute Gasteiger partial charge is 0.00182 e. The van der Waals surface area contributed by atoms with E-state index in [-0.39, 0.29) is 21.1 Å². The summed E-state index contributed by atoms with van der Waals surface area (Å²) in [6.45, 7) is 0. The molecule has 6 nitrogen and oxygen atoms in total. The summed E-state index contributed by atoms with van der Waals surface area (Å²) in [5, 5.41) is 15.4. The molecule has 0 aromatic heterocycles.